The SMILES string of the molecule is CCc1cccc2c3c([nH]c12)C(CC)(CC(=O)O[C@@H]1O[C@H](C(=O)O)[C@@H](O)C(O)C1O)OCC3. The molecule has 4 rings (SSSR count). The van der Waals surface area contributed by atoms with E-state index < -0.39 is 48.2 Å². The summed E-state index contributed by atoms with van der Waals surface area (Å²) in [6.07, 6.45) is -7.34. The number of aromatic nitrogens is 1. The van der Waals surface area contributed by atoms with Crippen molar-refractivity contribution < 1.29 is 44.2 Å². The van der Waals surface area contributed by atoms with Gasteiger partial charge >= 0.3 is 11.9 Å². The highest BCUT2D eigenvalue weighted by Crippen LogP contribution is 2.42. The average Bonchev–Trinajstić information content (AvgIpc) is 3.19. The Balaban J connectivity index is 1.60. The van der Waals surface area contributed by atoms with Gasteiger partial charge in [0, 0.05) is 10.9 Å². The number of para-hydroxylation sites is 1. The van der Waals surface area contributed by atoms with Gasteiger partial charge in [0.15, 0.2) is 6.10 Å². The van der Waals surface area contributed by atoms with Crippen molar-refractivity contribution in [1.29, 1.82) is 0 Å². The number of carboxylic acid groups (broad SMARTS) is 1. The third-order valence-corrected chi connectivity index (χ3v) is 6.66. The lowest BCUT2D eigenvalue weighted by Gasteiger charge is -2.39. The molecule has 10 heteroatoms. The van der Waals surface area contributed by atoms with E-state index >= 15 is 0 Å². The number of hydrogen-bond acceptors (Lipinski definition) is 8. The third kappa shape index (κ3) is 4.02. The van der Waals surface area contributed by atoms with Crippen LogP contribution < -0.4 is 0 Å². The zero-order valence-corrected chi connectivity index (χ0v) is 18.5. The van der Waals surface area contributed by atoms with Crippen molar-refractivity contribution in [3.63, 3.8) is 0 Å². The normalized spacial score (nSPS) is 31.8. The Morgan fingerprint density at radius 3 is 2.61 bits per heavy atom. The van der Waals surface area contributed by atoms with Gasteiger partial charge in [0.1, 0.15) is 23.9 Å². The number of nitrogens with one attached hydrogen (secondary N) is 1. The predicted octanol–water partition coefficient (Wildman–Crippen LogP) is 0.734. The van der Waals surface area contributed by atoms with Crippen LogP contribution in [0.15, 0.2) is 18.2 Å². The Morgan fingerprint density at radius 1 is 1.18 bits per heavy atom. The van der Waals surface area contributed by atoms with Crippen LogP contribution >= 0.6 is 0 Å². The van der Waals surface area contributed by atoms with E-state index in [1.165, 1.54) is 0 Å². The zero-order valence-electron chi connectivity index (χ0n) is 18.5. The van der Waals surface area contributed by atoms with E-state index in [1.807, 2.05) is 25.1 Å². The van der Waals surface area contributed by atoms with Crippen molar-refractivity contribution in [2.24, 2.45) is 0 Å². The van der Waals surface area contributed by atoms with Gasteiger partial charge in [0.05, 0.1) is 18.7 Å². The van der Waals surface area contributed by atoms with Gasteiger partial charge in [0.25, 0.3) is 0 Å². The molecular formula is C23H29NO9. The summed E-state index contributed by atoms with van der Waals surface area (Å²) in [5, 5.41) is 40.2. The third-order valence-electron chi connectivity index (χ3n) is 6.66. The molecule has 2 aromatic rings. The van der Waals surface area contributed by atoms with Gasteiger partial charge in [-0.05, 0) is 30.4 Å². The molecule has 1 aromatic heterocycles. The highest BCUT2D eigenvalue weighted by atomic mass is 16.7. The number of benzene rings is 1. The van der Waals surface area contributed by atoms with Gasteiger partial charge in [-0.3, -0.25) is 4.79 Å². The molecule has 1 aromatic carbocycles. The van der Waals surface area contributed by atoms with Crippen LogP contribution in [-0.2, 0) is 42.2 Å². The van der Waals surface area contributed by atoms with Gasteiger partial charge in [-0.25, -0.2) is 4.79 Å². The van der Waals surface area contributed by atoms with Crippen molar-refractivity contribution in [1.82, 2.24) is 4.98 Å². The van der Waals surface area contributed by atoms with Crippen molar-refractivity contribution in [3.05, 3.63) is 35.0 Å². The predicted molar refractivity (Wildman–Crippen MR) is 114 cm³/mol. The lowest BCUT2D eigenvalue weighted by Crippen LogP contribution is -2.60. The topological polar surface area (TPSA) is 159 Å². The molecule has 1 fully saturated rings. The molecule has 33 heavy (non-hydrogen) atoms. The number of fused-ring (bicyclic) bond motifs is 3. The molecule has 0 saturated carbocycles. The molecule has 3 unspecified atom stereocenters. The Hall–Kier alpha value is -2.50. The first-order valence-electron chi connectivity index (χ1n) is 11.1. The van der Waals surface area contributed by atoms with Crippen molar-refractivity contribution in [2.45, 2.75) is 75.8 Å². The molecule has 0 bridgehead atoms. The Labute approximate surface area is 190 Å². The summed E-state index contributed by atoms with van der Waals surface area (Å²) in [6.45, 7) is 4.37. The molecule has 0 aliphatic carbocycles. The van der Waals surface area contributed by atoms with E-state index in [-0.39, 0.29) is 6.42 Å². The van der Waals surface area contributed by atoms with E-state index in [9.17, 15) is 30.0 Å². The lowest BCUT2D eigenvalue weighted by atomic mass is 9.86. The number of aliphatic hydroxyl groups is 3. The van der Waals surface area contributed by atoms with Gasteiger partial charge in [-0.2, -0.15) is 0 Å². The summed E-state index contributed by atoms with van der Waals surface area (Å²) in [5.41, 5.74) is 3.04. The second-order valence-corrected chi connectivity index (χ2v) is 8.52. The fourth-order valence-corrected chi connectivity index (χ4v) is 4.80. The van der Waals surface area contributed by atoms with Crippen molar-refractivity contribution in [3.8, 4) is 0 Å². The number of ether oxygens (including phenoxy) is 3. The Morgan fingerprint density at radius 2 is 1.94 bits per heavy atom. The molecular weight excluding hydrogens is 434 g/mol. The Bertz CT molecular complexity index is 1050. The maximum absolute atomic E-state index is 12.9. The number of carbonyl (C=O) groups excluding carboxylic acids is 1. The summed E-state index contributed by atoms with van der Waals surface area (Å²) < 4.78 is 16.4. The maximum Gasteiger partial charge on any atom is 0.335 e. The Kier molecular flexibility index (Phi) is 6.47. The number of aliphatic carboxylic acids is 1. The molecule has 0 amide bonds. The fraction of sp³-hybridized carbons (Fsp3) is 0.565. The van der Waals surface area contributed by atoms with Crippen LogP contribution in [0.25, 0.3) is 10.9 Å². The van der Waals surface area contributed by atoms with E-state index in [1.54, 1.807) is 0 Å². The summed E-state index contributed by atoms with van der Waals surface area (Å²) in [6, 6.07) is 6.10. The second kappa shape index (κ2) is 9.03. The number of hydrogen-bond donors (Lipinski definition) is 5. The number of esters is 1. The average molecular weight is 463 g/mol. The van der Waals surface area contributed by atoms with Crippen molar-refractivity contribution in [2.75, 3.05) is 6.61 Å². The molecule has 3 heterocycles. The summed E-state index contributed by atoms with van der Waals surface area (Å²) in [7, 11) is 0. The van der Waals surface area contributed by atoms with Crippen LogP contribution in [0.4, 0.5) is 0 Å². The molecule has 10 nitrogen and oxygen atoms in total. The van der Waals surface area contributed by atoms with Crippen LogP contribution in [0, 0.1) is 0 Å². The first kappa shape index (κ1) is 23.7. The van der Waals surface area contributed by atoms with Crippen molar-refractivity contribution >= 4 is 22.8 Å². The summed E-state index contributed by atoms with van der Waals surface area (Å²) in [4.78, 5) is 27.7. The molecule has 6 atom stereocenters. The molecule has 1 saturated heterocycles. The minimum atomic E-state index is -1.86. The fourth-order valence-electron chi connectivity index (χ4n) is 4.80. The van der Waals surface area contributed by atoms with Gasteiger partial charge in [-0.1, -0.05) is 32.0 Å². The standard InChI is InChI=1S/C23H29NO9/c1-3-11-6-5-7-12-13-8-9-31-23(4-2,20(13)24-15(11)12)10-14(25)32-22-18(28)16(26)17(27)19(33-22)21(29)30/h5-7,16-19,22,24,26-28H,3-4,8-10H2,1-2H3,(H,29,30)/t16?,17-,18?,19-,22+,23?/m0/s1. The van der Waals surface area contributed by atoms with Crippen LogP contribution in [-0.4, -0.2) is 74.7 Å². The number of carboxylic acids is 1. The van der Waals surface area contributed by atoms with E-state index in [2.05, 4.69) is 11.9 Å². The van der Waals surface area contributed by atoms with Crippen LogP contribution in [0.2, 0.25) is 0 Å². The smallest absolute Gasteiger partial charge is 0.335 e. The summed E-state index contributed by atoms with van der Waals surface area (Å²) in [5.74, 6) is -2.35. The number of carbonyl (C=O) groups is 2. The molecule has 0 spiro atoms. The van der Waals surface area contributed by atoms with Gasteiger partial charge in [-0.15, -0.1) is 0 Å². The zero-order chi connectivity index (χ0) is 23.9. The quantitative estimate of drug-likeness (QED) is 0.389. The van der Waals surface area contributed by atoms with E-state index in [0.29, 0.717) is 19.4 Å². The minimum Gasteiger partial charge on any atom is -0.479 e. The second-order valence-electron chi connectivity index (χ2n) is 8.52. The van der Waals surface area contributed by atoms with Crippen LogP contribution in [0.3, 0.4) is 0 Å². The maximum atomic E-state index is 12.9. The van der Waals surface area contributed by atoms with Crippen LogP contribution in [0.5, 0.6) is 0 Å². The number of aliphatic hydroxyl groups excluding tert-OH is 3. The summed E-state index contributed by atoms with van der Waals surface area (Å²) >= 11 is 0. The number of rotatable bonds is 6. The number of aromatic amines is 1. The minimum absolute atomic E-state index is 0.215. The van der Waals surface area contributed by atoms with Crippen LogP contribution in [0.1, 0.15) is 43.5 Å². The first-order valence-corrected chi connectivity index (χ1v) is 11.1. The lowest BCUT2D eigenvalue weighted by molar-refractivity contribution is -0.287. The number of aryl methyl sites for hydroxylation is 1. The highest BCUT2D eigenvalue weighted by molar-refractivity contribution is 5.88. The first-order chi connectivity index (χ1) is 15.7. The largest absolute Gasteiger partial charge is 0.479 e. The monoisotopic (exact) mass is 463 g/mol. The molecule has 2 aliphatic rings. The van der Waals surface area contributed by atoms with E-state index in [4.69, 9.17) is 14.2 Å². The molecule has 0 radical (unpaired) electrons. The molecule has 5 N–H and O–H groups in total. The van der Waals surface area contributed by atoms with E-state index in [0.717, 1.165) is 34.1 Å². The highest BCUT2D eigenvalue weighted by Gasteiger charge is 2.49. The van der Waals surface area contributed by atoms with Gasteiger partial charge in [0.2, 0.25) is 6.29 Å². The molecule has 2 aliphatic heterocycles. The molecule has 180 valence electrons. The number of H-pyrrole nitrogens is 1. The van der Waals surface area contributed by atoms with Gasteiger partial charge < -0.3 is 39.6 Å².